The summed E-state index contributed by atoms with van der Waals surface area (Å²) < 4.78 is 1.96. The van der Waals surface area contributed by atoms with Crippen LogP contribution in [0, 0.1) is 6.92 Å². The van der Waals surface area contributed by atoms with Crippen molar-refractivity contribution in [2.24, 2.45) is 0 Å². The Morgan fingerprint density at radius 2 is 2.12 bits per heavy atom. The van der Waals surface area contributed by atoms with Gasteiger partial charge in [-0.3, -0.25) is 9.78 Å². The van der Waals surface area contributed by atoms with Crippen molar-refractivity contribution in [3.8, 4) is 0 Å². The summed E-state index contributed by atoms with van der Waals surface area (Å²) in [5.74, 6) is 0.645. The van der Waals surface area contributed by atoms with Gasteiger partial charge in [0, 0.05) is 12.6 Å². The molecule has 0 unspecified atom stereocenters. The molecule has 124 valence electrons. The Labute approximate surface area is 140 Å². The third kappa shape index (κ3) is 2.72. The summed E-state index contributed by atoms with van der Waals surface area (Å²) in [6, 6.07) is 4.29. The highest BCUT2D eigenvalue weighted by molar-refractivity contribution is 5.73. The highest BCUT2D eigenvalue weighted by Crippen LogP contribution is 2.29. The van der Waals surface area contributed by atoms with Gasteiger partial charge in [0.05, 0.1) is 17.9 Å². The standard InChI is InChI=1S/C18H21N5O/c1-12-6-5-9-19-15(12)10-16-21-17-14(18(24)22-16)11-20-23(17)13-7-3-2-4-8-13/h5-6,9,11,13H,2-4,7-8,10H2,1H3,(H,21,22,24). The molecule has 0 amide bonds. The first kappa shape index (κ1) is 15.1. The van der Waals surface area contributed by atoms with Crippen LogP contribution in [-0.4, -0.2) is 24.7 Å². The van der Waals surface area contributed by atoms with Crippen molar-refractivity contribution in [2.75, 3.05) is 0 Å². The number of hydrogen-bond donors (Lipinski definition) is 1. The summed E-state index contributed by atoms with van der Waals surface area (Å²) in [6.07, 6.45) is 9.88. The van der Waals surface area contributed by atoms with E-state index in [1.54, 1.807) is 12.4 Å². The summed E-state index contributed by atoms with van der Waals surface area (Å²) in [5, 5.41) is 5.04. The molecule has 1 aliphatic rings. The predicted molar refractivity (Wildman–Crippen MR) is 92.1 cm³/mol. The molecule has 0 aromatic carbocycles. The van der Waals surface area contributed by atoms with Crippen LogP contribution >= 0.6 is 0 Å². The maximum atomic E-state index is 12.4. The first-order valence-corrected chi connectivity index (χ1v) is 8.59. The summed E-state index contributed by atoms with van der Waals surface area (Å²) in [5.41, 5.74) is 2.62. The molecule has 6 nitrogen and oxygen atoms in total. The molecule has 1 aliphatic carbocycles. The summed E-state index contributed by atoms with van der Waals surface area (Å²) in [4.78, 5) is 24.4. The molecule has 3 heterocycles. The summed E-state index contributed by atoms with van der Waals surface area (Å²) >= 11 is 0. The molecule has 0 spiro atoms. The average Bonchev–Trinajstić information content (AvgIpc) is 3.02. The van der Waals surface area contributed by atoms with E-state index in [4.69, 9.17) is 4.98 Å². The first-order valence-electron chi connectivity index (χ1n) is 8.59. The number of aryl methyl sites for hydroxylation is 1. The van der Waals surface area contributed by atoms with Crippen LogP contribution in [0.4, 0.5) is 0 Å². The fourth-order valence-corrected chi connectivity index (χ4v) is 3.52. The van der Waals surface area contributed by atoms with Gasteiger partial charge in [0.25, 0.3) is 5.56 Å². The van der Waals surface area contributed by atoms with Gasteiger partial charge in [0.15, 0.2) is 5.65 Å². The number of rotatable bonds is 3. The number of hydrogen-bond acceptors (Lipinski definition) is 4. The minimum Gasteiger partial charge on any atom is -0.310 e. The molecule has 1 saturated carbocycles. The predicted octanol–water partition coefficient (Wildman–Crippen LogP) is 2.92. The number of nitrogens with one attached hydrogen (secondary N) is 1. The fraction of sp³-hybridized carbons (Fsp3) is 0.444. The Morgan fingerprint density at radius 1 is 1.29 bits per heavy atom. The number of aromatic amines is 1. The van der Waals surface area contributed by atoms with Gasteiger partial charge in [0.1, 0.15) is 11.2 Å². The van der Waals surface area contributed by atoms with Crippen LogP contribution in [0.25, 0.3) is 11.0 Å². The van der Waals surface area contributed by atoms with E-state index >= 15 is 0 Å². The normalized spacial score (nSPS) is 15.9. The summed E-state index contributed by atoms with van der Waals surface area (Å²) in [6.45, 7) is 2.02. The number of nitrogens with zero attached hydrogens (tertiary/aromatic N) is 4. The highest BCUT2D eigenvalue weighted by Gasteiger charge is 2.20. The van der Waals surface area contributed by atoms with E-state index in [1.807, 2.05) is 23.7 Å². The van der Waals surface area contributed by atoms with E-state index in [9.17, 15) is 4.79 Å². The van der Waals surface area contributed by atoms with Gasteiger partial charge in [-0.15, -0.1) is 0 Å². The first-order chi connectivity index (χ1) is 11.7. The van der Waals surface area contributed by atoms with Crippen LogP contribution < -0.4 is 5.56 Å². The Morgan fingerprint density at radius 3 is 2.92 bits per heavy atom. The zero-order chi connectivity index (χ0) is 16.5. The van der Waals surface area contributed by atoms with Crippen LogP contribution in [0.5, 0.6) is 0 Å². The van der Waals surface area contributed by atoms with Gasteiger partial charge >= 0.3 is 0 Å². The van der Waals surface area contributed by atoms with E-state index in [0.29, 0.717) is 29.3 Å². The lowest BCUT2D eigenvalue weighted by atomic mass is 9.96. The second-order valence-electron chi connectivity index (χ2n) is 6.57. The molecule has 0 saturated heterocycles. The van der Waals surface area contributed by atoms with Crippen molar-refractivity contribution in [3.63, 3.8) is 0 Å². The Kier molecular flexibility index (Phi) is 3.88. The zero-order valence-corrected chi connectivity index (χ0v) is 13.8. The second kappa shape index (κ2) is 6.19. The second-order valence-corrected chi connectivity index (χ2v) is 6.57. The fourth-order valence-electron chi connectivity index (χ4n) is 3.52. The lowest BCUT2D eigenvalue weighted by Crippen LogP contribution is -2.17. The molecule has 0 bridgehead atoms. The molecule has 6 heteroatoms. The molecular formula is C18H21N5O. The smallest absolute Gasteiger partial charge is 0.262 e. The number of H-pyrrole nitrogens is 1. The van der Waals surface area contributed by atoms with Gasteiger partial charge in [-0.25, -0.2) is 9.67 Å². The van der Waals surface area contributed by atoms with Crippen LogP contribution in [0.15, 0.2) is 29.3 Å². The molecule has 3 aromatic heterocycles. The molecular weight excluding hydrogens is 302 g/mol. The Bertz CT molecular complexity index is 921. The van der Waals surface area contributed by atoms with Crippen molar-refractivity contribution in [1.29, 1.82) is 0 Å². The van der Waals surface area contributed by atoms with Crippen molar-refractivity contribution < 1.29 is 0 Å². The topological polar surface area (TPSA) is 76.5 Å². The van der Waals surface area contributed by atoms with Gasteiger partial charge in [0.2, 0.25) is 0 Å². The summed E-state index contributed by atoms with van der Waals surface area (Å²) in [7, 11) is 0. The van der Waals surface area contributed by atoms with Crippen LogP contribution in [-0.2, 0) is 6.42 Å². The van der Waals surface area contributed by atoms with Crippen LogP contribution in [0.3, 0.4) is 0 Å². The van der Waals surface area contributed by atoms with Crippen molar-refractivity contribution in [2.45, 2.75) is 51.5 Å². The lowest BCUT2D eigenvalue weighted by Gasteiger charge is -2.22. The van der Waals surface area contributed by atoms with Crippen molar-refractivity contribution in [1.82, 2.24) is 24.7 Å². The van der Waals surface area contributed by atoms with E-state index < -0.39 is 0 Å². The van der Waals surface area contributed by atoms with E-state index in [1.165, 1.54) is 19.3 Å². The molecule has 4 rings (SSSR count). The Balaban J connectivity index is 1.75. The van der Waals surface area contributed by atoms with E-state index in [-0.39, 0.29) is 5.56 Å². The van der Waals surface area contributed by atoms with Crippen molar-refractivity contribution in [3.05, 3.63) is 52.0 Å². The minimum absolute atomic E-state index is 0.120. The lowest BCUT2D eigenvalue weighted by molar-refractivity contribution is 0.335. The number of aromatic nitrogens is 5. The molecule has 0 aliphatic heterocycles. The maximum Gasteiger partial charge on any atom is 0.262 e. The third-order valence-corrected chi connectivity index (χ3v) is 4.89. The van der Waals surface area contributed by atoms with Gasteiger partial charge in [-0.1, -0.05) is 25.3 Å². The third-order valence-electron chi connectivity index (χ3n) is 4.89. The molecule has 24 heavy (non-hydrogen) atoms. The largest absolute Gasteiger partial charge is 0.310 e. The zero-order valence-electron chi connectivity index (χ0n) is 13.8. The molecule has 1 N–H and O–H groups in total. The van der Waals surface area contributed by atoms with Gasteiger partial charge in [-0.05, 0) is 31.4 Å². The molecule has 1 fully saturated rings. The van der Waals surface area contributed by atoms with Crippen LogP contribution in [0.2, 0.25) is 0 Å². The average molecular weight is 323 g/mol. The van der Waals surface area contributed by atoms with E-state index in [0.717, 1.165) is 24.1 Å². The quantitative estimate of drug-likeness (QED) is 0.804. The van der Waals surface area contributed by atoms with Crippen LogP contribution in [0.1, 0.15) is 55.2 Å². The maximum absolute atomic E-state index is 12.4. The monoisotopic (exact) mass is 323 g/mol. The number of fused-ring (bicyclic) bond motifs is 1. The SMILES string of the molecule is Cc1cccnc1Cc1nc2c(cnn2C2CCCCC2)c(=O)[nH]1. The minimum atomic E-state index is -0.120. The van der Waals surface area contributed by atoms with E-state index in [2.05, 4.69) is 15.1 Å². The highest BCUT2D eigenvalue weighted by atomic mass is 16.1. The van der Waals surface area contributed by atoms with Gasteiger partial charge < -0.3 is 4.98 Å². The molecule has 0 radical (unpaired) electrons. The number of pyridine rings is 1. The molecule has 3 aromatic rings. The molecule has 0 atom stereocenters. The van der Waals surface area contributed by atoms with Crippen molar-refractivity contribution >= 4 is 11.0 Å². The van der Waals surface area contributed by atoms with Gasteiger partial charge in [-0.2, -0.15) is 5.10 Å². The Hall–Kier alpha value is -2.50.